The highest BCUT2D eigenvalue weighted by molar-refractivity contribution is 6.35. The highest BCUT2D eigenvalue weighted by Gasteiger charge is 2.30. The first kappa shape index (κ1) is 15.3. The molecule has 0 radical (unpaired) electrons. The second-order valence-electron chi connectivity index (χ2n) is 6.22. The van der Waals surface area contributed by atoms with Crippen LogP contribution in [0.15, 0.2) is 0 Å². The molecule has 2 fully saturated rings. The van der Waals surface area contributed by atoms with E-state index in [1.54, 1.807) is 4.90 Å². The number of carbonyl (C=O) groups excluding carboxylic acids is 2. The summed E-state index contributed by atoms with van der Waals surface area (Å²) in [5.41, 5.74) is 0. The lowest BCUT2D eigenvalue weighted by molar-refractivity contribution is -0.148. The number of hydrogen-bond donors (Lipinski definition) is 1. The maximum Gasteiger partial charge on any atom is 0.312 e. The van der Waals surface area contributed by atoms with Crippen molar-refractivity contribution in [3.63, 3.8) is 0 Å². The molecular weight excluding hydrogens is 252 g/mol. The molecule has 2 aliphatic rings. The van der Waals surface area contributed by atoms with E-state index < -0.39 is 0 Å². The van der Waals surface area contributed by atoms with Crippen LogP contribution >= 0.6 is 0 Å². The number of piperidine rings is 1. The Labute approximate surface area is 122 Å². The van der Waals surface area contributed by atoms with Gasteiger partial charge < -0.3 is 10.2 Å². The molecule has 1 saturated heterocycles. The first-order chi connectivity index (χ1) is 9.72. The zero-order valence-electron chi connectivity index (χ0n) is 12.7. The lowest BCUT2D eigenvalue weighted by Crippen LogP contribution is -2.51. The summed E-state index contributed by atoms with van der Waals surface area (Å²) in [5.74, 6) is -0.682. The fourth-order valence-corrected chi connectivity index (χ4v) is 3.49. The molecule has 1 aliphatic heterocycles. The Balaban J connectivity index is 1.88. The van der Waals surface area contributed by atoms with E-state index in [0.717, 1.165) is 38.6 Å². The Kier molecular flexibility index (Phi) is 5.86. The Bertz CT molecular complexity index is 335. The van der Waals surface area contributed by atoms with Gasteiger partial charge in [0.15, 0.2) is 0 Å². The third-order valence-corrected chi connectivity index (χ3v) is 4.74. The van der Waals surface area contributed by atoms with Crippen molar-refractivity contribution >= 4 is 11.8 Å². The van der Waals surface area contributed by atoms with E-state index in [9.17, 15) is 9.59 Å². The van der Waals surface area contributed by atoms with Crippen LogP contribution in [0.3, 0.4) is 0 Å². The van der Waals surface area contributed by atoms with Gasteiger partial charge in [-0.1, -0.05) is 32.6 Å². The summed E-state index contributed by atoms with van der Waals surface area (Å²) in [7, 11) is 0. The first-order valence-electron chi connectivity index (χ1n) is 8.34. The first-order valence-corrected chi connectivity index (χ1v) is 8.34. The molecule has 114 valence electrons. The lowest BCUT2D eigenvalue weighted by Gasteiger charge is -2.35. The van der Waals surface area contributed by atoms with E-state index in [2.05, 4.69) is 12.2 Å². The number of rotatable bonds is 2. The SMILES string of the molecule is CCC1CCCCN1C(=O)C(=O)NC1CCCCCC1. The summed E-state index contributed by atoms with van der Waals surface area (Å²) in [6.45, 7) is 2.84. The van der Waals surface area contributed by atoms with E-state index in [-0.39, 0.29) is 23.9 Å². The Morgan fingerprint density at radius 2 is 1.65 bits per heavy atom. The molecule has 1 saturated carbocycles. The summed E-state index contributed by atoms with van der Waals surface area (Å²) in [6.07, 6.45) is 11.1. The minimum absolute atomic E-state index is 0.207. The van der Waals surface area contributed by atoms with Crippen LogP contribution in [0.5, 0.6) is 0 Å². The number of nitrogens with zero attached hydrogens (tertiary/aromatic N) is 1. The second kappa shape index (κ2) is 7.65. The zero-order chi connectivity index (χ0) is 14.4. The molecule has 1 unspecified atom stereocenters. The standard InChI is InChI=1S/C16H28N2O2/c1-2-14-11-7-8-12-18(14)16(20)15(19)17-13-9-5-3-4-6-10-13/h13-14H,2-12H2,1H3,(H,17,19). The van der Waals surface area contributed by atoms with Crippen molar-refractivity contribution in [2.45, 2.75) is 83.2 Å². The van der Waals surface area contributed by atoms with Crippen LogP contribution in [0, 0.1) is 0 Å². The van der Waals surface area contributed by atoms with Crippen LogP contribution in [0.4, 0.5) is 0 Å². The quantitative estimate of drug-likeness (QED) is 0.624. The van der Waals surface area contributed by atoms with Gasteiger partial charge in [-0.05, 0) is 38.5 Å². The maximum atomic E-state index is 12.3. The molecule has 2 amide bonds. The summed E-state index contributed by atoms with van der Waals surface area (Å²) >= 11 is 0. The van der Waals surface area contributed by atoms with Crippen molar-refractivity contribution in [3.8, 4) is 0 Å². The Morgan fingerprint density at radius 1 is 1.00 bits per heavy atom. The van der Waals surface area contributed by atoms with Crippen molar-refractivity contribution < 1.29 is 9.59 Å². The molecule has 1 N–H and O–H groups in total. The third-order valence-electron chi connectivity index (χ3n) is 4.74. The molecule has 0 aromatic heterocycles. The molecule has 0 aromatic carbocycles. The van der Waals surface area contributed by atoms with Crippen molar-refractivity contribution in [2.24, 2.45) is 0 Å². The monoisotopic (exact) mass is 280 g/mol. The summed E-state index contributed by atoms with van der Waals surface area (Å²) in [5, 5.41) is 2.97. The van der Waals surface area contributed by atoms with Crippen molar-refractivity contribution in [3.05, 3.63) is 0 Å². The van der Waals surface area contributed by atoms with E-state index in [4.69, 9.17) is 0 Å². The Morgan fingerprint density at radius 3 is 2.30 bits per heavy atom. The fourth-order valence-electron chi connectivity index (χ4n) is 3.49. The van der Waals surface area contributed by atoms with Crippen LogP contribution in [0.1, 0.15) is 71.1 Å². The molecule has 0 aromatic rings. The molecule has 20 heavy (non-hydrogen) atoms. The van der Waals surface area contributed by atoms with Gasteiger partial charge in [0.1, 0.15) is 0 Å². The summed E-state index contributed by atoms with van der Waals surface area (Å²) in [6, 6.07) is 0.468. The average Bonchev–Trinajstić information content (AvgIpc) is 2.75. The van der Waals surface area contributed by atoms with Gasteiger partial charge in [-0.25, -0.2) is 0 Å². The number of carbonyl (C=O) groups is 2. The Hall–Kier alpha value is -1.06. The molecule has 4 nitrogen and oxygen atoms in total. The smallest absolute Gasteiger partial charge is 0.312 e. The van der Waals surface area contributed by atoms with E-state index >= 15 is 0 Å². The van der Waals surface area contributed by atoms with Crippen molar-refractivity contribution in [1.82, 2.24) is 10.2 Å². The number of likely N-dealkylation sites (tertiary alicyclic amines) is 1. The number of nitrogens with one attached hydrogen (secondary N) is 1. The van der Waals surface area contributed by atoms with Gasteiger partial charge in [-0.2, -0.15) is 0 Å². The molecule has 1 heterocycles. The molecule has 1 aliphatic carbocycles. The van der Waals surface area contributed by atoms with Gasteiger partial charge in [-0.3, -0.25) is 9.59 Å². The van der Waals surface area contributed by atoms with E-state index in [0.29, 0.717) is 0 Å². The topological polar surface area (TPSA) is 49.4 Å². The van der Waals surface area contributed by atoms with E-state index in [1.165, 1.54) is 32.1 Å². The summed E-state index contributed by atoms with van der Waals surface area (Å²) in [4.78, 5) is 26.3. The molecule has 0 bridgehead atoms. The van der Waals surface area contributed by atoms with Crippen LogP contribution < -0.4 is 5.32 Å². The predicted octanol–water partition coefficient (Wildman–Crippen LogP) is 2.62. The lowest BCUT2D eigenvalue weighted by atomic mass is 10.00. The maximum absolute atomic E-state index is 12.3. The molecular formula is C16H28N2O2. The van der Waals surface area contributed by atoms with Gasteiger partial charge >= 0.3 is 11.8 Å². The van der Waals surface area contributed by atoms with Gasteiger partial charge in [0, 0.05) is 18.6 Å². The van der Waals surface area contributed by atoms with Gasteiger partial charge in [0.2, 0.25) is 0 Å². The van der Waals surface area contributed by atoms with Gasteiger partial charge in [-0.15, -0.1) is 0 Å². The van der Waals surface area contributed by atoms with E-state index in [1.807, 2.05) is 0 Å². The normalized spacial score (nSPS) is 25.1. The predicted molar refractivity (Wildman–Crippen MR) is 79.3 cm³/mol. The highest BCUT2D eigenvalue weighted by Crippen LogP contribution is 2.20. The van der Waals surface area contributed by atoms with Crippen LogP contribution in [-0.2, 0) is 9.59 Å². The molecule has 4 heteroatoms. The molecule has 0 spiro atoms. The summed E-state index contributed by atoms with van der Waals surface area (Å²) < 4.78 is 0. The number of amides is 2. The largest absolute Gasteiger partial charge is 0.345 e. The second-order valence-corrected chi connectivity index (χ2v) is 6.22. The highest BCUT2D eigenvalue weighted by atomic mass is 16.2. The minimum atomic E-state index is -0.378. The van der Waals surface area contributed by atoms with Gasteiger partial charge in [0.25, 0.3) is 0 Å². The minimum Gasteiger partial charge on any atom is -0.345 e. The van der Waals surface area contributed by atoms with Crippen LogP contribution in [-0.4, -0.2) is 35.3 Å². The molecule has 1 atom stereocenters. The van der Waals surface area contributed by atoms with Gasteiger partial charge in [0.05, 0.1) is 0 Å². The fraction of sp³-hybridized carbons (Fsp3) is 0.875. The van der Waals surface area contributed by atoms with Crippen LogP contribution in [0.2, 0.25) is 0 Å². The number of hydrogen-bond acceptors (Lipinski definition) is 2. The van der Waals surface area contributed by atoms with Crippen molar-refractivity contribution in [2.75, 3.05) is 6.54 Å². The molecule has 2 rings (SSSR count). The average molecular weight is 280 g/mol. The van der Waals surface area contributed by atoms with Crippen LogP contribution in [0.25, 0.3) is 0 Å². The third kappa shape index (κ3) is 3.97. The van der Waals surface area contributed by atoms with Crippen molar-refractivity contribution in [1.29, 1.82) is 0 Å². The zero-order valence-corrected chi connectivity index (χ0v) is 12.7.